The van der Waals surface area contributed by atoms with E-state index in [1.165, 1.54) is 28.7 Å². The van der Waals surface area contributed by atoms with Crippen molar-refractivity contribution in [1.82, 2.24) is 4.57 Å². The molecule has 3 aromatic rings. The van der Waals surface area contributed by atoms with E-state index in [2.05, 4.69) is 48.7 Å². The SMILES string of the molecule is CCCCCOc1ccc(C(=O)N=c2sc3cc(C)c(C)cc3n2CCSC)cc1. The summed E-state index contributed by atoms with van der Waals surface area (Å²) in [5.41, 5.74) is 4.25. The molecule has 1 heterocycles. The summed E-state index contributed by atoms with van der Waals surface area (Å²) in [5.74, 6) is 1.56. The van der Waals surface area contributed by atoms with Gasteiger partial charge in [0.15, 0.2) is 4.80 Å². The molecule has 0 N–H and O–H groups in total. The standard InChI is InChI=1S/C24H30N2O2S2/c1-5-6-7-13-28-20-10-8-19(9-11-20)23(27)25-24-26(12-14-29-4)21-15-17(2)18(3)16-22(21)30-24/h8-11,15-16H,5-7,12-14H2,1-4H3. The Hall–Kier alpha value is -2.05. The van der Waals surface area contributed by atoms with Crippen molar-refractivity contribution < 1.29 is 9.53 Å². The van der Waals surface area contributed by atoms with Crippen LogP contribution in [0, 0.1) is 13.8 Å². The number of carbonyl (C=O) groups is 1. The van der Waals surface area contributed by atoms with Crippen LogP contribution in [-0.2, 0) is 6.54 Å². The number of carbonyl (C=O) groups excluding carboxylic acids is 1. The van der Waals surface area contributed by atoms with Crippen LogP contribution in [0.3, 0.4) is 0 Å². The van der Waals surface area contributed by atoms with Gasteiger partial charge >= 0.3 is 0 Å². The monoisotopic (exact) mass is 442 g/mol. The lowest BCUT2D eigenvalue weighted by Crippen LogP contribution is -2.18. The Morgan fingerprint density at radius 1 is 1.13 bits per heavy atom. The topological polar surface area (TPSA) is 43.6 Å². The van der Waals surface area contributed by atoms with Gasteiger partial charge in [-0.2, -0.15) is 16.8 Å². The molecule has 0 radical (unpaired) electrons. The number of fused-ring (bicyclic) bond motifs is 1. The van der Waals surface area contributed by atoms with Gasteiger partial charge in [-0.25, -0.2) is 0 Å². The summed E-state index contributed by atoms with van der Waals surface area (Å²) in [6, 6.07) is 11.7. The van der Waals surface area contributed by atoms with Gasteiger partial charge in [0.1, 0.15) is 5.75 Å². The highest BCUT2D eigenvalue weighted by atomic mass is 32.2. The second-order valence-corrected chi connectivity index (χ2v) is 9.42. The lowest BCUT2D eigenvalue weighted by atomic mass is 10.1. The Bertz CT molecular complexity index is 1070. The molecule has 4 nitrogen and oxygen atoms in total. The minimum atomic E-state index is -0.217. The van der Waals surface area contributed by atoms with Crippen LogP contribution in [0.15, 0.2) is 41.4 Å². The highest BCUT2D eigenvalue weighted by molar-refractivity contribution is 7.98. The summed E-state index contributed by atoms with van der Waals surface area (Å²) in [7, 11) is 0. The first-order valence-electron chi connectivity index (χ1n) is 10.4. The first-order valence-corrected chi connectivity index (χ1v) is 12.7. The van der Waals surface area contributed by atoms with Gasteiger partial charge in [0, 0.05) is 17.9 Å². The van der Waals surface area contributed by atoms with E-state index in [1.54, 1.807) is 35.2 Å². The van der Waals surface area contributed by atoms with Crippen molar-refractivity contribution >= 4 is 39.2 Å². The number of rotatable bonds is 9. The zero-order valence-corrected chi connectivity index (χ0v) is 19.9. The third-order valence-electron chi connectivity index (χ3n) is 5.13. The Balaban J connectivity index is 1.87. The number of unbranched alkanes of at least 4 members (excludes halogenated alkanes) is 2. The summed E-state index contributed by atoms with van der Waals surface area (Å²) in [5, 5.41) is 0. The van der Waals surface area contributed by atoms with Crippen molar-refractivity contribution in [2.45, 2.75) is 46.6 Å². The maximum absolute atomic E-state index is 12.8. The average molecular weight is 443 g/mol. The number of thiazole rings is 1. The summed E-state index contributed by atoms with van der Waals surface area (Å²) in [4.78, 5) is 18.1. The number of aryl methyl sites for hydroxylation is 3. The zero-order chi connectivity index (χ0) is 21.5. The molecule has 0 bridgehead atoms. The normalized spacial score (nSPS) is 11.9. The summed E-state index contributed by atoms with van der Waals surface area (Å²) in [6.07, 6.45) is 5.48. The van der Waals surface area contributed by atoms with Crippen molar-refractivity contribution in [3.63, 3.8) is 0 Å². The molecule has 0 aliphatic rings. The Kier molecular flexibility index (Phi) is 8.16. The first-order chi connectivity index (χ1) is 14.5. The summed E-state index contributed by atoms with van der Waals surface area (Å²) in [6.45, 7) is 7.96. The number of aromatic nitrogens is 1. The molecule has 1 aromatic heterocycles. The van der Waals surface area contributed by atoms with E-state index >= 15 is 0 Å². The van der Waals surface area contributed by atoms with E-state index in [1.807, 2.05) is 12.1 Å². The number of nitrogens with zero attached hydrogens (tertiary/aromatic N) is 2. The number of thioether (sulfide) groups is 1. The van der Waals surface area contributed by atoms with Crippen LogP contribution in [0.5, 0.6) is 5.75 Å². The first kappa shape index (κ1) is 22.6. The number of ether oxygens (including phenoxy) is 1. The number of benzene rings is 2. The van der Waals surface area contributed by atoms with Crippen LogP contribution in [0.1, 0.15) is 47.7 Å². The molecule has 0 unspecified atom stereocenters. The molecular formula is C24H30N2O2S2. The molecule has 2 aromatic carbocycles. The van der Waals surface area contributed by atoms with Crippen molar-refractivity contribution in [3.8, 4) is 5.75 Å². The van der Waals surface area contributed by atoms with Gasteiger partial charge in [-0.3, -0.25) is 4.79 Å². The highest BCUT2D eigenvalue weighted by Gasteiger charge is 2.11. The van der Waals surface area contributed by atoms with Crippen molar-refractivity contribution in [3.05, 3.63) is 57.9 Å². The second kappa shape index (κ2) is 10.8. The molecule has 30 heavy (non-hydrogen) atoms. The molecule has 3 rings (SSSR count). The van der Waals surface area contributed by atoms with Crippen molar-refractivity contribution in [2.24, 2.45) is 4.99 Å². The predicted molar refractivity (Wildman–Crippen MR) is 129 cm³/mol. The third-order valence-corrected chi connectivity index (χ3v) is 6.76. The Morgan fingerprint density at radius 3 is 2.57 bits per heavy atom. The quantitative estimate of drug-likeness (QED) is 0.382. The molecule has 160 valence electrons. The molecular weight excluding hydrogens is 412 g/mol. The molecule has 0 aliphatic heterocycles. The van der Waals surface area contributed by atoms with Crippen LogP contribution in [0.25, 0.3) is 10.2 Å². The van der Waals surface area contributed by atoms with E-state index in [0.717, 1.165) is 34.8 Å². The molecule has 0 aliphatic carbocycles. The predicted octanol–water partition coefficient (Wildman–Crippen LogP) is 5.99. The zero-order valence-electron chi connectivity index (χ0n) is 18.2. The van der Waals surface area contributed by atoms with E-state index in [9.17, 15) is 4.79 Å². The van der Waals surface area contributed by atoms with Gasteiger partial charge in [0.25, 0.3) is 5.91 Å². The van der Waals surface area contributed by atoms with Crippen LogP contribution in [0.4, 0.5) is 0 Å². The van der Waals surface area contributed by atoms with Crippen LogP contribution in [0.2, 0.25) is 0 Å². The molecule has 0 atom stereocenters. The van der Waals surface area contributed by atoms with Gasteiger partial charge < -0.3 is 9.30 Å². The van der Waals surface area contributed by atoms with E-state index in [4.69, 9.17) is 4.74 Å². The fourth-order valence-corrected chi connectivity index (χ4v) is 4.69. The maximum Gasteiger partial charge on any atom is 0.279 e. The van der Waals surface area contributed by atoms with Gasteiger partial charge in [-0.05, 0) is 74.0 Å². The summed E-state index contributed by atoms with van der Waals surface area (Å²) >= 11 is 3.37. The minimum Gasteiger partial charge on any atom is -0.494 e. The second-order valence-electron chi connectivity index (χ2n) is 7.43. The molecule has 0 saturated heterocycles. The Morgan fingerprint density at radius 2 is 1.87 bits per heavy atom. The number of hydrogen-bond donors (Lipinski definition) is 0. The van der Waals surface area contributed by atoms with Gasteiger partial charge in [0.05, 0.1) is 16.8 Å². The molecule has 6 heteroatoms. The lowest BCUT2D eigenvalue weighted by Gasteiger charge is -2.06. The molecule has 0 saturated carbocycles. The molecule has 0 fully saturated rings. The van der Waals surface area contributed by atoms with Crippen molar-refractivity contribution in [1.29, 1.82) is 0 Å². The molecule has 0 spiro atoms. The average Bonchev–Trinajstić information content (AvgIpc) is 3.06. The summed E-state index contributed by atoms with van der Waals surface area (Å²) < 4.78 is 9.08. The Labute approximate surface area is 187 Å². The van der Waals surface area contributed by atoms with E-state index in [0.29, 0.717) is 12.2 Å². The maximum atomic E-state index is 12.8. The lowest BCUT2D eigenvalue weighted by molar-refractivity contribution is 0.0998. The van der Waals surface area contributed by atoms with Gasteiger partial charge in [-0.1, -0.05) is 31.1 Å². The highest BCUT2D eigenvalue weighted by Crippen LogP contribution is 2.22. The fraction of sp³-hybridized carbons (Fsp3) is 0.417. The number of amides is 1. The minimum absolute atomic E-state index is 0.217. The van der Waals surface area contributed by atoms with Crippen molar-refractivity contribution in [2.75, 3.05) is 18.6 Å². The van der Waals surface area contributed by atoms with E-state index in [-0.39, 0.29) is 5.91 Å². The third kappa shape index (κ3) is 5.55. The van der Waals surface area contributed by atoms with Crippen LogP contribution >= 0.6 is 23.1 Å². The fourth-order valence-electron chi connectivity index (χ4n) is 3.19. The van der Waals surface area contributed by atoms with Crippen LogP contribution < -0.4 is 9.54 Å². The van der Waals surface area contributed by atoms with Crippen LogP contribution in [-0.4, -0.2) is 29.1 Å². The molecule has 1 amide bonds. The smallest absolute Gasteiger partial charge is 0.279 e. The van der Waals surface area contributed by atoms with E-state index < -0.39 is 0 Å². The van der Waals surface area contributed by atoms with Gasteiger partial charge in [0.2, 0.25) is 0 Å². The van der Waals surface area contributed by atoms with Gasteiger partial charge in [-0.15, -0.1) is 0 Å². The largest absolute Gasteiger partial charge is 0.494 e. The number of hydrogen-bond acceptors (Lipinski definition) is 4.